The van der Waals surface area contributed by atoms with Crippen LogP contribution in [-0.2, 0) is 6.54 Å². The van der Waals surface area contributed by atoms with Crippen LogP contribution < -0.4 is 15.4 Å². The number of hydrogen-bond donors (Lipinski definition) is 2. The predicted molar refractivity (Wildman–Crippen MR) is 142 cm³/mol. The van der Waals surface area contributed by atoms with E-state index >= 15 is 0 Å². The maximum absolute atomic E-state index is 5.49. The molecule has 0 saturated carbocycles. The van der Waals surface area contributed by atoms with Crippen molar-refractivity contribution in [2.24, 2.45) is 4.99 Å². The van der Waals surface area contributed by atoms with E-state index in [1.807, 2.05) is 42.5 Å². The van der Waals surface area contributed by atoms with Crippen molar-refractivity contribution in [2.45, 2.75) is 25.4 Å². The van der Waals surface area contributed by atoms with Crippen LogP contribution >= 0.6 is 24.0 Å². The van der Waals surface area contributed by atoms with Gasteiger partial charge in [0, 0.05) is 25.2 Å². The molecule has 0 amide bonds. The smallest absolute Gasteiger partial charge is 0.191 e. The second kappa shape index (κ2) is 12.6. The summed E-state index contributed by atoms with van der Waals surface area (Å²) in [6.45, 7) is 3.50. The highest BCUT2D eigenvalue weighted by atomic mass is 127. The van der Waals surface area contributed by atoms with Crippen molar-refractivity contribution in [3.63, 3.8) is 0 Å². The van der Waals surface area contributed by atoms with E-state index in [1.54, 1.807) is 14.2 Å². The largest absolute Gasteiger partial charge is 0.497 e. The lowest BCUT2D eigenvalue weighted by Crippen LogP contribution is -2.42. The molecule has 0 spiro atoms. The van der Waals surface area contributed by atoms with Gasteiger partial charge >= 0.3 is 0 Å². The molecule has 176 valence electrons. The van der Waals surface area contributed by atoms with Crippen molar-refractivity contribution in [1.29, 1.82) is 0 Å². The van der Waals surface area contributed by atoms with Gasteiger partial charge in [0.15, 0.2) is 11.7 Å². The molecule has 1 atom stereocenters. The Labute approximate surface area is 212 Å². The van der Waals surface area contributed by atoms with E-state index in [-0.39, 0.29) is 30.0 Å². The van der Waals surface area contributed by atoms with Crippen molar-refractivity contribution < 1.29 is 9.26 Å². The molecule has 4 rings (SSSR count). The first-order chi connectivity index (χ1) is 15.8. The maximum Gasteiger partial charge on any atom is 0.191 e. The van der Waals surface area contributed by atoms with Crippen LogP contribution in [0.1, 0.15) is 30.1 Å². The van der Waals surface area contributed by atoms with Crippen LogP contribution in [0.25, 0.3) is 11.3 Å². The molecule has 2 heterocycles. The van der Waals surface area contributed by atoms with Gasteiger partial charge in [-0.15, -0.1) is 24.0 Å². The number of aromatic nitrogens is 1. The van der Waals surface area contributed by atoms with Crippen LogP contribution in [0.2, 0.25) is 0 Å². The fraction of sp³-hybridized carbons (Fsp3) is 0.360. The molecule has 1 aliphatic rings. The third-order valence-corrected chi connectivity index (χ3v) is 5.80. The monoisotopic (exact) mass is 561 g/mol. The summed E-state index contributed by atoms with van der Waals surface area (Å²) in [7, 11) is 3.49. The summed E-state index contributed by atoms with van der Waals surface area (Å²) in [5, 5.41) is 11.0. The van der Waals surface area contributed by atoms with Crippen LogP contribution in [0.15, 0.2) is 70.2 Å². The van der Waals surface area contributed by atoms with Gasteiger partial charge in [-0.1, -0.05) is 47.6 Å². The lowest BCUT2D eigenvalue weighted by Gasteiger charge is -2.29. The molecule has 0 bridgehead atoms. The lowest BCUT2D eigenvalue weighted by atomic mass is 10.1. The van der Waals surface area contributed by atoms with Crippen molar-refractivity contribution in [3.8, 4) is 17.1 Å². The summed E-state index contributed by atoms with van der Waals surface area (Å²) < 4.78 is 10.9. The van der Waals surface area contributed by atoms with Gasteiger partial charge in [-0.25, -0.2) is 0 Å². The minimum atomic E-state index is 0. The summed E-state index contributed by atoms with van der Waals surface area (Å²) in [6, 6.07) is 20.5. The van der Waals surface area contributed by atoms with Crippen molar-refractivity contribution in [3.05, 3.63) is 71.9 Å². The standard InChI is InChI=1S/C25H31N5O2.HI/c1-26-25(27-17-21-16-24(32-29-21)19-9-4-3-5-10-19)28-18-23(30-13-6-7-14-30)20-11-8-12-22(15-20)31-2;/h3-5,8-12,15-16,23H,6-7,13-14,17-18H2,1-2H3,(H2,26,27,28);1H. The first-order valence-electron chi connectivity index (χ1n) is 11.1. The molecule has 2 N–H and O–H groups in total. The zero-order chi connectivity index (χ0) is 22.2. The van der Waals surface area contributed by atoms with E-state index in [2.05, 4.69) is 43.9 Å². The third-order valence-electron chi connectivity index (χ3n) is 5.80. The molecule has 0 radical (unpaired) electrons. The molecule has 2 aromatic carbocycles. The number of nitrogens with one attached hydrogen (secondary N) is 2. The highest BCUT2D eigenvalue weighted by Crippen LogP contribution is 2.27. The summed E-state index contributed by atoms with van der Waals surface area (Å²) in [5.74, 6) is 2.38. The minimum Gasteiger partial charge on any atom is -0.497 e. The third kappa shape index (κ3) is 6.70. The Morgan fingerprint density at radius 1 is 1.09 bits per heavy atom. The average molecular weight is 561 g/mol. The molecule has 1 saturated heterocycles. The highest BCUT2D eigenvalue weighted by Gasteiger charge is 2.24. The number of likely N-dealkylation sites (tertiary alicyclic amines) is 1. The Balaban J connectivity index is 0.00000306. The number of hydrogen-bond acceptors (Lipinski definition) is 5. The molecule has 7 nitrogen and oxygen atoms in total. The van der Waals surface area contributed by atoms with Crippen LogP contribution in [-0.4, -0.2) is 49.8 Å². The van der Waals surface area contributed by atoms with E-state index in [0.717, 1.165) is 48.4 Å². The van der Waals surface area contributed by atoms with Crippen molar-refractivity contribution in [2.75, 3.05) is 33.8 Å². The number of aliphatic imine (C=N–C) groups is 1. The quantitative estimate of drug-likeness (QED) is 0.240. The molecule has 3 aromatic rings. The van der Waals surface area contributed by atoms with Gasteiger partial charge in [0.05, 0.1) is 19.7 Å². The van der Waals surface area contributed by atoms with Crippen LogP contribution in [0.3, 0.4) is 0 Å². The first-order valence-corrected chi connectivity index (χ1v) is 11.1. The molecule has 1 aliphatic heterocycles. The van der Waals surface area contributed by atoms with Gasteiger partial charge in [-0.2, -0.15) is 0 Å². The van der Waals surface area contributed by atoms with Gasteiger partial charge in [-0.05, 0) is 43.6 Å². The predicted octanol–water partition coefficient (Wildman–Crippen LogP) is 4.47. The number of rotatable bonds is 8. The molecule has 33 heavy (non-hydrogen) atoms. The van der Waals surface area contributed by atoms with Gasteiger partial charge in [0.25, 0.3) is 0 Å². The highest BCUT2D eigenvalue weighted by molar-refractivity contribution is 14.0. The maximum atomic E-state index is 5.49. The zero-order valence-corrected chi connectivity index (χ0v) is 21.5. The molecule has 1 aromatic heterocycles. The van der Waals surface area contributed by atoms with E-state index in [9.17, 15) is 0 Å². The topological polar surface area (TPSA) is 74.9 Å². The van der Waals surface area contributed by atoms with Gasteiger partial charge in [0.2, 0.25) is 0 Å². The Hall–Kier alpha value is -2.59. The number of guanidine groups is 1. The zero-order valence-electron chi connectivity index (χ0n) is 19.2. The molecule has 0 aliphatic carbocycles. The Morgan fingerprint density at radius 3 is 2.61 bits per heavy atom. The molecular weight excluding hydrogens is 529 g/mol. The SMILES string of the molecule is CN=C(NCc1cc(-c2ccccc2)on1)NCC(c1cccc(OC)c1)N1CCCC1.I. The summed E-state index contributed by atoms with van der Waals surface area (Å²) in [5.41, 5.74) is 3.09. The number of ether oxygens (including phenoxy) is 1. The van der Waals surface area contributed by atoms with Gasteiger partial charge in [-0.3, -0.25) is 9.89 Å². The van der Waals surface area contributed by atoms with E-state index in [0.29, 0.717) is 6.54 Å². The molecule has 1 fully saturated rings. The Bertz CT molecular complexity index is 1020. The van der Waals surface area contributed by atoms with Gasteiger partial charge < -0.3 is 19.9 Å². The number of halogens is 1. The first kappa shape index (κ1) is 25.0. The van der Waals surface area contributed by atoms with E-state index in [1.165, 1.54) is 18.4 Å². The Morgan fingerprint density at radius 2 is 1.88 bits per heavy atom. The van der Waals surface area contributed by atoms with Crippen LogP contribution in [0.5, 0.6) is 5.75 Å². The molecule has 8 heteroatoms. The Kier molecular flexibility index (Phi) is 9.56. The average Bonchev–Trinajstić information content (AvgIpc) is 3.55. The summed E-state index contributed by atoms with van der Waals surface area (Å²) >= 11 is 0. The van der Waals surface area contributed by atoms with E-state index < -0.39 is 0 Å². The van der Waals surface area contributed by atoms with Gasteiger partial charge in [0.1, 0.15) is 11.4 Å². The van der Waals surface area contributed by atoms with Crippen molar-refractivity contribution in [1.82, 2.24) is 20.7 Å². The number of methoxy groups -OCH3 is 1. The number of benzene rings is 2. The fourth-order valence-corrected chi connectivity index (χ4v) is 4.08. The molecule has 1 unspecified atom stereocenters. The fourth-order valence-electron chi connectivity index (χ4n) is 4.08. The summed E-state index contributed by atoms with van der Waals surface area (Å²) in [4.78, 5) is 6.91. The van der Waals surface area contributed by atoms with Crippen molar-refractivity contribution >= 4 is 29.9 Å². The lowest BCUT2D eigenvalue weighted by molar-refractivity contribution is 0.245. The second-order valence-corrected chi connectivity index (χ2v) is 7.89. The second-order valence-electron chi connectivity index (χ2n) is 7.89. The number of nitrogens with zero attached hydrogens (tertiary/aromatic N) is 3. The molecular formula is C25H32IN5O2. The minimum absolute atomic E-state index is 0. The van der Waals surface area contributed by atoms with E-state index in [4.69, 9.17) is 9.26 Å². The van der Waals surface area contributed by atoms with Crippen LogP contribution in [0.4, 0.5) is 0 Å². The normalized spacial score (nSPS) is 15.0. The van der Waals surface area contributed by atoms with Crippen LogP contribution in [0, 0.1) is 0 Å². The summed E-state index contributed by atoms with van der Waals surface area (Å²) in [6.07, 6.45) is 2.48.